The summed E-state index contributed by atoms with van der Waals surface area (Å²) in [6.45, 7) is 0. The van der Waals surface area contributed by atoms with E-state index in [0.29, 0.717) is 5.92 Å². The molecule has 0 aliphatic carbocycles. The van der Waals surface area contributed by atoms with Crippen molar-refractivity contribution in [3.05, 3.63) is 70.7 Å². The molecule has 0 spiro atoms. The number of thiol groups is 1. The molecule has 2 aromatic rings. The van der Waals surface area contributed by atoms with Crippen molar-refractivity contribution in [2.45, 2.75) is 12.3 Å². The van der Waals surface area contributed by atoms with Crippen LogP contribution >= 0.6 is 24.2 Å². The highest BCUT2D eigenvalue weighted by atomic mass is 35.5. The molecule has 0 aliphatic heterocycles. The number of halogens is 1. The van der Waals surface area contributed by atoms with E-state index in [0.717, 1.165) is 17.2 Å². The van der Waals surface area contributed by atoms with Gasteiger partial charge in [-0.3, -0.25) is 0 Å². The van der Waals surface area contributed by atoms with Gasteiger partial charge >= 0.3 is 0 Å². The molecule has 1 unspecified atom stereocenters. The molecule has 2 aromatic carbocycles. The second kappa shape index (κ2) is 6.13. The Morgan fingerprint density at radius 2 is 1.59 bits per heavy atom. The smallest absolute Gasteiger partial charge is 0.0406 e. The number of hydrogen-bond acceptors (Lipinski definition) is 1. The Labute approximate surface area is 113 Å². The fourth-order valence-corrected chi connectivity index (χ4v) is 2.39. The Hall–Kier alpha value is -0.920. The second-order valence-corrected chi connectivity index (χ2v) is 4.92. The quantitative estimate of drug-likeness (QED) is 0.765. The van der Waals surface area contributed by atoms with Crippen molar-refractivity contribution in [1.82, 2.24) is 0 Å². The second-order valence-electron chi connectivity index (χ2n) is 4.12. The van der Waals surface area contributed by atoms with E-state index in [1.807, 2.05) is 18.2 Å². The molecule has 0 fully saturated rings. The summed E-state index contributed by atoms with van der Waals surface area (Å²) in [6.07, 6.45) is 1.02. The van der Waals surface area contributed by atoms with Crippen LogP contribution in [-0.4, -0.2) is 5.75 Å². The maximum absolute atomic E-state index is 5.90. The van der Waals surface area contributed by atoms with Crippen molar-refractivity contribution in [3.63, 3.8) is 0 Å². The maximum atomic E-state index is 5.90. The zero-order valence-electron chi connectivity index (χ0n) is 9.51. The number of rotatable bonds is 4. The molecule has 0 saturated carbocycles. The fraction of sp³-hybridized carbons (Fsp3) is 0.200. The van der Waals surface area contributed by atoms with Crippen LogP contribution < -0.4 is 0 Å². The molecule has 88 valence electrons. The lowest BCUT2D eigenvalue weighted by Crippen LogP contribution is -2.04. The van der Waals surface area contributed by atoms with E-state index < -0.39 is 0 Å². The zero-order chi connectivity index (χ0) is 12.1. The Bertz CT molecular complexity index is 450. The molecular weight excluding hydrogens is 248 g/mol. The van der Waals surface area contributed by atoms with Gasteiger partial charge in [0.1, 0.15) is 0 Å². The van der Waals surface area contributed by atoms with E-state index in [-0.39, 0.29) is 0 Å². The lowest BCUT2D eigenvalue weighted by Gasteiger charge is -2.15. The molecule has 0 aliphatic rings. The van der Waals surface area contributed by atoms with E-state index in [4.69, 9.17) is 11.6 Å². The summed E-state index contributed by atoms with van der Waals surface area (Å²) >= 11 is 10.4. The summed E-state index contributed by atoms with van der Waals surface area (Å²) in [4.78, 5) is 0. The topological polar surface area (TPSA) is 0 Å². The lowest BCUT2D eigenvalue weighted by atomic mass is 9.94. The molecular formula is C15H15ClS. The molecule has 2 heteroatoms. The maximum Gasteiger partial charge on any atom is 0.0406 e. The van der Waals surface area contributed by atoms with Crippen LogP contribution in [0.2, 0.25) is 5.02 Å². The lowest BCUT2D eigenvalue weighted by molar-refractivity contribution is 0.773. The first kappa shape index (κ1) is 12.5. The number of benzene rings is 2. The van der Waals surface area contributed by atoms with E-state index in [1.165, 1.54) is 11.1 Å². The summed E-state index contributed by atoms with van der Waals surface area (Å²) in [5.41, 5.74) is 2.65. The van der Waals surface area contributed by atoms with Gasteiger partial charge in [0.2, 0.25) is 0 Å². The minimum absolute atomic E-state index is 0.443. The third-order valence-electron chi connectivity index (χ3n) is 2.89. The molecule has 0 saturated heterocycles. The summed E-state index contributed by atoms with van der Waals surface area (Å²) in [7, 11) is 0. The average Bonchev–Trinajstić information content (AvgIpc) is 2.38. The van der Waals surface area contributed by atoms with Gasteiger partial charge in [0, 0.05) is 5.02 Å². The molecule has 0 aromatic heterocycles. The summed E-state index contributed by atoms with van der Waals surface area (Å²) in [5.74, 6) is 1.29. The SMILES string of the molecule is SCC(Cc1ccccc1)c1ccc(Cl)cc1. The normalized spacial score (nSPS) is 12.4. The van der Waals surface area contributed by atoms with Crippen LogP contribution in [0.15, 0.2) is 54.6 Å². The van der Waals surface area contributed by atoms with Gasteiger partial charge in [0.15, 0.2) is 0 Å². The highest BCUT2D eigenvalue weighted by Gasteiger charge is 2.10. The van der Waals surface area contributed by atoms with Crippen molar-refractivity contribution < 1.29 is 0 Å². The summed E-state index contributed by atoms with van der Waals surface area (Å²) in [5, 5.41) is 0.784. The zero-order valence-corrected chi connectivity index (χ0v) is 11.2. The van der Waals surface area contributed by atoms with Crippen LogP contribution in [0, 0.1) is 0 Å². The van der Waals surface area contributed by atoms with Crippen molar-refractivity contribution in [2.24, 2.45) is 0 Å². The van der Waals surface area contributed by atoms with Gasteiger partial charge < -0.3 is 0 Å². The predicted octanol–water partition coefficient (Wildman–Crippen LogP) is 4.60. The van der Waals surface area contributed by atoms with Crippen LogP contribution in [0.5, 0.6) is 0 Å². The Morgan fingerprint density at radius 1 is 0.941 bits per heavy atom. The standard InChI is InChI=1S/C15H15ClS/c16-15-8-6-13(7-9-15)14(11-17)10-12-4-2-1-3-5-12/h1-9,14,17H,10-11H2. The molecule has 0 radical (unpaired) electrons. The third-order valence-corrected chi connectivity index (χ3v) is 3.58. The Balaban J connectivity index is 2.14. The van der Waals surface area contributed by atoms with Crippen LogP contribution in [0.4, 0.5) is 0 Å². The fourth-order valence-electron chi connectivity index (χ4n) is 1.92. The van der Waals surface area contributed by atoms with Gasteiger partial charge in [-0.1, -0.05) is 54.1 Å². The first-order chi connectivity index (χ1) is 8.29. The predicted molar refractivity (Wildman–Crippen MR) is 78.2 cm³/mol. The van der Waals surface area contributed by atoms with Crippen LogP contribution in [0.1, 0.15) is 17.0 Å². The number of hydrogen-bond donors (Lipinski definition) is 1. The van der Waals surface area contributed by atoms with Gasteiger partial charge in [-0.2, -0.15) is 12.6 Å². The minimum atomic E-state index is 0.443. The summed E-state index contributed by atoms with van der Waals surface area (Å²) in [6, 6.07) is 18.6. The van der Waals surface area contributed by atoms with E-state index in [9.17, 15) is 0 Å². The van der Waals surface area contributed by atoms with Crippen molar-refractivity contribution in [2.75, 3.05) is 5.75 Å². The minimum Gasteiger partial charge on any atom is -0.179 e. The Kier molecular flexibility index (Phi) is 4.52. The van der Waals surface area contributed by atoms with Crippen molar-refractivity contribution in [3.8, 4) is 0 Å². The molecule has 0 bridgehead atoms. The van der Waals surface area contributed by atoms with Crippen LogP contribution in [0.25, 0.3) is 0 Å². The molecule has 0 N–H and O–H groups in total. The van der Waals surface area contributed by atoms with Crippen LogP contribution in [0.3, 0.4) is 0 Å². The van der Waals surface area contributed by atoms with Crippen molar-refractivity contribution >= 4 is 24.2 Å². The average molecular weight is 263 g/mol. The van der Waals surface area contributed by atoms with E-state index in [2.05, 4.69) is 49.0 Å². The van der Waals surface area contributed by atoms with Gasteiger partial charge in [-0.15, -0.1) is 0 Å². The molecule has 1 atom stereocenters. The highest BCUT2D eigenvalue weighted by Crippen LogP contribution is 2.23. The molecule has 2 rings (SSSR count). The first-order valence-electron chi connectivity index (χ1n) is 5.70. The third kappa shape index (κ3) is 3.52. The van der Waals surface area contributed by atoms with Crippen LogP contribution in [-0.2, 0) is 6.42 Å². The largest absolute Gasteiger partial charge is 0.179 e. The van der Waals surface area contributed by atoms with Gasteiger partial charge in [0.05, 0.1) is 0 Å². The summed E-state index contributed by atoms with van der Waals surface area (Å²) < 4.78 is 0. The molecule has 17 heavy (non-hydrogen) atoms. The van der Waals surface area contributed by atoms with E-state index >= 15 is 0 Å². The van der Waals surface area contributed by atoms with Gasteiger partial charge in [-0.05, 0) is 41.4 Å². The molecule has 0 amide bonds. The molecule has 0 nitrogen and oxygen atoms in total. The Morgan fingerprint density at radius 3 is 2.18 bits per heavy atom. The first-order valence-corrected chi connectivity index (χ1v) is 6.71. The van der Waals surface area contributed by atoms with Gasteiger partial charge in [-0.25, -0.2) is 0 Å². The van der Waals surface area contributed by atoms with Crippen molar-refractivity contribution in [1.29, 1.82) is 0 Å². The monoisotopic (exact) mass is 262 g/mol. The highest BCUT2D eigenvalue weighted by molar-refractivity contribution is 7.80. The molecule has 0 heterocycles. The van der Waals surface area contributed by atoms with Gasteiger partial charge in [0.25, 0.3) is 0 Å². The van der Waals surface area contributed by atoms with E-state index in [1.54, 1.807) is 0 Å².